The van der Waals surface area contributed by atoms with Crippen molar-refractivity contribution in [1.29, 1.82) is 0 Å². The van der Waals surface area contributed by atoms with Crippen LogP contribution in [0.15, 0.2) is 77.7 Å². The van der Waals surface area contributed by atoms with Gasteiger partial charge in [-0.15, -0.1) is 11.8 Å². The molecule has 7 nitrogen and oxygen atoms in total. The molecule has 0 radical (unpaired) electrons. The molecule has 0 saturated heterocycles. The molecule has 164 valence electrons. The van der Waals surface area contributed by atoms with Crippen molar-refractivity contribution in [1.82, 2.24) is 0 Å². The molecule has 32 heavy (non-hydrogen) atoms. The number of benzene rings is 3. The molecule has 0 spiro atoms. The van der Waals surface area contributed by atoms with Crippen molar-refractivity contribution in [2.24, 2.45) is 5.73 Å². The normalized spacial score (nSPS) is 10.3. The van der Waals surface area contributed by atoms with Gasteiger partial charge in [0.25, 0.3) is 11.8 Å². The minimum atomic E-state index is -0.432. The zero-order valence-electron chi connectivity index (χ0n) is 17.5. The van der Waals surface area contributed by atoms with E-state index >= 15 is 0 Å². The third-order valence-corrected chi connectivity index (χ3v) is 5.39. The molecule has 3 rings (SSSR count). The summed E-state index contributed by atoms with van der Waals surface area (Å²) in [7, 11) is 0. The summed E-state index contributed by atoms with van der Waals surface area (Å²) >= 11 is 1.25. The van der Waals surface area contributed by atoms with Crippen LogP contribution in [0.25, 0.3) is 0 Å². The molecule has 4 N–H and O–H groups in total. The van der Waals surface area contributed by atoms with Crippen LogP contribution in [-0.4, -0.2) is 30.1 Å². The number of nitrogens with two attached hydrogens (primary N) is 1. The van der Waals surface area contributed by atoms with E-state index in [1.54, 1.807) is 48.5 Å². The molecule has 0 saturated carbocycles. The number of aryl methyl sites for hydroxylation is 1. The van der Waals surface area contributed by atoms with E-state index in [1.165, 1.54) is 11.8 Å². The van der Waals surface area contributed by atoms with E-state index in [9.17, 15) is 14.4 Å². The average Bonchev–Trinajstić information content (AvgIpc) is 2.78. The average molecular weight is 450 g/mol. The fourth-order valence-electron chi connectivity index (χ4n) is 2.80. The van der Waals surface area contributed by atoms with Gasteiger partial charge in [-0.3, -0.25) is 14.4 Å². The Morgan fingerprint density at radius 1 is 0.938 bits per heavy atom. The largest absolute Gasteiger partial charge is 0.484 e. The minimum absolute atomic E-state index is 0.121. The van der Waals surface area contributed by atoms with Crippen LogP contribution in [0, 0.1) is 6.92 Å². The van der Waals surface area contributed by atoms with Crippen molar-refractivity contribution in [3.05, 3.63) is 83.9 Å². The topological polar surface area (TPSA) is 111 Å². The number of carbonyl (C=O) groups is 3. The van der Waals surface area contributed by atoms with Gasteiger partial charge in [0.2, 0.25) is 5.91 Å². The van der Waals surface area contributed by atoms with Crippen LogP contribution in [0.5, 0.6) is 5.75 Å². The molecule has 3 aromatic carbocycles. The molecule has 0 unspecified atom stereocenters. The number of para-hydroxylation sites is 1. The highest BCUT2D eigenvalue weighted by Crippen LogP contribution is 2.26. The van der Waals surface area contributed by atoms with Gasteiger partial charge in [-0.2, -0.15) is 0 Å². The van der Waals surface area contributed by atoms with Crippen LogP contribution in [0.3, 0.4) is 0 Å². The van der Waals surface area contributed by atoms with E-state index in [2.05, 4.69) is 10.6 Å². The van der Waals surface area contributed by atoms with Crippen LogP contribution in [0.2, 0.25) is 0 Å². The highest BCUT2D eigenvalue weighted by atomic mass is 32.2. The second-order valence-electron chi connectivity index (χ2n) is 6.94. The first-order valence-electron chi connectivity index (χ1n) is 9.81. The van der Waals surface area contributed by atoms with Crippen molar-refractivity contribution in [2.45, 2.75) is 11.8 Å². The highest BCUT2D eigenvalue weighted by molar-refractivity contribution is 8.00. The van der Waals surface area contributed by atoms with Crippen LogP contribution in [-0.2, 0) is 9.59 Å². The molecule has 0 aliphatic rings. The number of ether oxygens (including phenoxy) is 1. The maximum absolute atomic E-state index is 12.3. The third-order valence-electron chi connectivity index (χ3n) is 4.29. The number of nitrogens with one attached hydrogen (secondary N) is 2. The maximum Gasteiger partial charge on any atom is 0.262 e. The van der Waals surface area contributed by atoms with Gasteiger partial charge < -0.3 is 21.1 Å². The van der Waals surface area contributed by atoms with Crippen molar-refractivity contribution >= 4 is 40.9 Å². The summed E-state index contributed by atoms with van der Waals surface area (Å²) in [4.78, 5) is 36.4. The Morgan fingerprint density at radius 2 is 1.69 bits per heavy atom. The van der Waals surface area contributed by atoms with Gasteiger partial charge in [0.1, 0.15) is 5.75 Å². The lowest BCUT2D eigenvalue weighted by Crippen LogP contribution is -2.20. The molecule has 3 aromatic rings. The lowest BCUT2D eigenvalue weighted by atomic mass is 10.1. The summed E-state index contributed by atoms with van der Waals surface area (Å²) in [5, 5.41) is 5.60. The molecule has 0 atom stereocenters. The summed E-state index contributed by atoms with van der Waals surface area (Å²) < 4.78 is 5.53. The Labute approximate surface area is 190 Å². The number of hydrogen-bond acceptors (Lipinski definition) is 5. The standard InChI is InChI=1S/C24H23N3O4S/c1-16-5-4-6-17(13-16)24(30)26-18-9-11-19(12-10-18)31-14-23(29)27-20-7-2-3-8-21(20)32-15-22(25)28/h2-13H,14-15H2,1H3,(H2,25,28)(H,26,30)(H,27,29). The Morgan fingerprint density at radius 3 is 2.41 bits per heavy atom. The predicted molar refractivity (Wildman–Crippen MR) is 126 cm³/mol. The van der Waals surface area contributed by atoms with E-state index in [1.807, 2.05) is 31.2 Å². The zero-order valence-corrected chi connectivity index (χ0v) is 18.3. The molecule has 8 heteroatoms. The Hall–Kier alpha value is -3.78. The summed E-state index contributed by atoms with van der Waals surface area (Å²) in [6.45, 7) is 1.74. The molecule has 0 fully saturated rings. The number of hydrogen-bond donors (Lipinski definition) is 3. The van der Waals surface area contributed by atoms with Gasteiger partial charge >= 0.3 is 0 Å². The lowest BCUT2D eigenvalue weighted by Gasteiger charge is -2.11. The molecule has 3 amide bonds. The number of thioether (sulfide) groups is 1. The number of carbonyl (C=O) groups excluding carboxylic acids is 3. The fraction of sp³-hybridized carbons (Fsp3) is 0.125. The first-order chi connectivity index (χ1) is 15.4. The SMILES string of the molecule is Cc1cccc(C(=O)Nc2ccc(OCC(=O)Nc3ccccc3SCC(N)=O)cc2)c1. The van der Waals surface area contributed by atoms with Crippen molar-refractivity contribution in [3.63, 3.8) is 0 Å². The van der Waals surface area contributed by atoms with Gasteiger partial charge in [-0.25, -0.2) is 0 Å². The molecule has 0 bridgehead atoms. The van der Waals surface area contributed by atoms with E-state index in [-0.39, 0.29) is 24.2 Å². The number of rotatable bonds is 9. The predicted octanol–water partition coefficient (Wildman–Crippen LogP) is 3.84. The molecular formula is C24H23N3O4S. The van der Waals surface area contributed by atoms with Gasteiger partial charge in [0.05, 0.1) is 11.4 Å². The third kappa shape index (κ3) is 6.88. The monoisotopic (exact) mass is 449 g/mol. The summed E-state index contributed by atoms with van der Waals surface area (Å²) in [6.07, 6.45) is 0. The first kappa shape index (κ1) is 22.9. The lowest BCUT2D eigenvalue weighted by molar-refractivity contribution is -0.118. The molecule has 0 aliphatic heterocycles. The summed E-state index contributed by atoms with van der Waals surface area (Å²) in [5.41, 5.74) is 7.98. The van der Waals surface area contributed by atoms with Gasteiger partial charge in [0.15, 0.2) is 6.61 Å². The van der Waals surface area contributed by atoms with E-state index in [0.717, 1.165) is 10.5 Å². The highest BCUT2D eigenvalue weighted by Gasteiger charge is 2.10. The summed E-state index contributed by atoms with van der Waals surface area (Å²) in [5.74, 6) is -0.359. The van der Waals surface area contributed by atoms with E-state index in [4.69, 9.17) is 10.5 Å². The Balaban J connectivity index is 1.51. The summed E-state index contributed by atoms with van der Waals surface area (Å²) in [6, 6.07) is 21.2. The molecule has 0 aliphatic carbocycles. The van der Waals surface area contributed by atoms with Crippen LogP contribution < -0.4 is 21.1 Å². The van der Waals surface area contributed by atoms with E-state index in [0.29, 0.717) is 22.7 Å². The fourth-order valence-corrected chi connectivity index (χ4v) is 3.55. The Bertz CT molecular complexity index is 1120. The number of anilines is 2. The van der Waals surface area contributed by atoms with Crippen molar-refractivity contribution in [3.8, 4) is 5.75 Å². The van der Waals surface area contributed by atoms with Crippen LogP contribution >= 0.6 is 11.8 Å². The molecular weight excluding hydrogens is 426 g/mol. The van der Waals surface area contributed by atoms with Gasteiger partial charge in [-0.05, 0) is 55.5 Å². The van der Waals surface area contributed by atoms with Crippen LogP contribution in [0.1, 0.15) is 15.9 Å². The van der Waals surface area contributed by atoms with Crippen LogP contribution in [0.4, 0.5) is 11.4 Å². The quantitative estimate of drug-likeness (QED) is 0.430. The first-order valence-corrected chi connectivity index (χ1v) is 10.8. The van der Waals surface area contributed by atoms with Crippen molar-refractivity contribution in [2.75, 3.05) is 23.0 Å². The molecule has 0 aromatic heterocycles. The second-order valence-corrected chi connectivity index (χ2v) is 7.95. The zero-order chi connectivity index (χ0) is 22.9. The Kier molecular flexibility index (Phi) is 7.88. The number of amides is 3. The number of primary amides is 1. The van der Waals surface area contributed by atoms with Crippen molar-refractivity contribution < 1.29 is 19.1 Å². The maximum atomic E-state index is 12.3. The minimum Gasteiger partial charge on any atom is -0.484 e. The smallest absolute Gasteiger partial charge is 0.262 e. The molecule has 0 heterocycles. The second kappa shape index (κ2) is 11.0. The van der Waals surface area contributed by atoms with E-state index < -0.39 is 5.91 Å². The van der Waals surface area contributed by atoms with Gasteiger partial charge in [-0.1, -0.05) is 29.8 Å². The van der Waals surface area contributed by atoms with Gasteiger partial charge in [0, 0.05) is 16.1 Å².